The van der Waals surface area contributed by atoms with Crippen molar-refractivity contribution in [2.45, 2.75) is 30.9 Å². The smallest absolute Gasteiger partial charge is 0.0997 e. The van der Waals surface area contributed by atoms with Gasteiger partial charge in [-0.15, -0.1) is 0 Å². The molecule has 0 fully saturated rings. The van der Waals surface area contributed by atoms with Gasteiger partial charge in [0.05, 0.1) is 0 Å². The van der Waals surface area contributed by atoms with Gasteiger partial charge >= 0.3 is 0 Å². The highest BCUT2D eigenvalue weighted by Gasteiger charge is 2.50. The molecular weight excluding hydrogens is 252 g/mol. The first-order valence-electron chi connectivity index (χ1n) is 3.58. The van der Waals surface area contributed by atoms with Crippen LogP contribution in [0.4, 0.5) is 26.9 Å². The minimum atomic E-state index is -3.19. The zero-order valence-electron chi connectivity index (χ0n) is 7.69. The van der Waals surface area contributed by atoms with Crippen LogP contribution in [0.1, 0.15) is 20.3 Å². The van der Waals surface area contributed by atoms with Crippen molar-refractivity contribution in [2.24, 2.45) is 0 Å². The maximum atomic E-state index is 12.1. The second-order valence-electron chi connectivity index (χ2n) is 3.23. The molecule has 0 amide bonds. The first-order valence-corrected chi connectivity index (χ1v) is 3.96. The predicted octanol–water partition coefficient (Wildman–Crippen LogP) is 3.26. The fraction of sp³-hybridized carbons (Fsp3) is 1.00. The van der Waals surface area contributed by atoms with E-state index in [0.29, 0.717) is 13.8 Å². The topological polar surface area (TPSA) is 9.72 Å². The minimum absolute atomic E-state index is 0.372. The van der Waals surface area contributed by atoms with Gasteiger partial charge < -0.3 is 0 Å². The molecule has 10 heteroatoms. The van der Waals surface area contributed by atoms with Crippen molar-refractivity contribution in [1.29, 1.82) is 0 Å². The van der Waals surface area contributed by atoms with Crippen molar-refractivity contribution < 1.29 is 26.9 Å². The fourth-order valence-corrected chi connectivity index (χ4v) is 1.10. The molecule has 0 spiro atoms. The van der Waals surface area contributed by atoms with Gasteiger partial charge in [0.2, 0.25) is 0 Å². The van der Waals surface area contributed by atoms with Gasteiger partial charge in [-0.1, -0.05) is 38.5 Å². The van der Waals surface area contributed by atoms with Gasteiger partial charge in [-0.2, -0.15) is 0 Å². The van der Waals surface area contributed by atoms with Crippen LogP contribution in [0.2, 0.25) is 0 Å². The highest BCUT2D eigenvalue weighted by atomic mass is 35.5. The summed E-state index contributed by atoms with van der Waals surface area (Å²) in [6.45, 7) is 1.01. The summed E-state index contributed by atoms with van der Waals surface area (Å²) in [4.78, 5) is -2.62. The number of halogens is 7. The van der Waals surface area contributed by atoms with E-state index in [9.17, 15) is 26.9 Å². The molecule has 0 aliphatic carbocycles. The number of alkyl halides is 1. The van der Waals surface area contributed by atoms with E-state index >= 15 is 0 Å². The molecule has 0 rings (SSSR count). The zero-order chi connectivity index (χ0) is 12.4. The van der Waals surface area contributed by atoms with Crippen molar-refractivity contribution >= 4 is 11.6 Å². The van der Waals surface area contributed by atoms with Crippen LogP contribution < -0.4 is 0 Å². The second-order valence-corrected chi connectivity index (χ2v) is 4.05. The normalized spacial score (nSPS) is 17.6. The average molecular weight is 260 g/mol. The molecule has 0 aromatic heterocycles. The maximum Gasteiger partial charge on any atom is 0.196 e. The third kappa shape index (κ3) is 3.37. The second kappa shape index (κ2) is 4.73. The minimum Gasteiger partial charge on any atom is -0.0997 e. The monoisotopic (exact) mass is 259 g/mol. The van der Waals surface area contributed by atoms with E-state index in [0.717, 1.165) is 0 Å². The van der Waals surface area contributed by atoms with E-state index in [-0.39, 0.29) is 0 Å². The lowest BCUT2D eigenvalue weighted by Crippen LogP contribution is -2.51. The summed E-state index contributed by atoms with van der Waals surface area (Å²) in [6.07, 6.45) is -1.38. The van der Waals surface area contributed by atoms with Gasteiger partial charge in [0.25, 0.3) is 0 Å². The molecule has 0 aromatic carbocycles. The molecule has 0 saturated heterocycles. The lowest BCUT2D eigenvalue weighted by Gasteiger charge is -2.34. The van der Waals surface area contributed by atoms with E-state index in [1.807, 2.05) is 0 Å². The van der Waals surface area contributed by atoms with Crippen molar-refractivity contribution in [3.8, 4) is 0 Å². The van der Waals surface area contributed by atoms with Crippen LogP contribution >= 0.6 is 11.6 Å². The summed E-state index contributed by atoms with van der Waals surface area (Å²) in [5.74, 6) is 0. The largest absolute Gasteiger partial charge is 0.196 e. The summed E-state index contributed by atoms with van der Waals surface area (Å²) in [6, 6.07) is 0. The predicted molar refractivity (Wildman–Crippen MR) is 39.4 cm³/mol. The molecule has 1 atom stereocenters. The van der Waals surface area contributed by atoms with E-state index in [4.69, 9.17) is 11.6 Å². The van der Waals surface area contributed by atoms with Crippen molar-refractivity contribution in [3.63, 3.8) is 0 Å². The Balaban J connectivity index is 4.85. The lowest BCUT2D eigenvalue weighted by molar-refractivity contribution is -0.375. The van der Waals surface area contributed by atoms with Crippen LogP contribution in [0.25, 0.3) is 0 Å². The molecule has 0 N–H and O–H groups in total. The summed E-state index contributed by atoms with van der Waals surface area (Å²) >= 11 is 5.10. The standard InChI is InChI=1S/C5H8ClF6N3/c1-4(6,13(7)8)3-5(2,14(9)10)15(11)12/h3H2,1-2H3. The average Bonchev–Trinajstić information content (AvgIpc) is 2.02. The lowest BCUT2D eigenvalue weighted by atomic mass is 10.0. The highest BCUT2D eigenvalue weighted by Crippen LogP contribution is 2.37. The zero-order valence-corrected chi connectivity index (χ0v) is 8.45. The fourth-order valence-electron chi connectivity index (χ4n) is 0.848. The summed E-state index contributed by atoms with van der Waals surface area (Å²) in [5.41, 5.74) is -3.19. The Labute approximate surface area is 86.4 Å². The number of hydrogen-bond donors (Lipinski definition) is 0. The molecule has 1 unspecified atom stereocenters. The molecule has 0 aromatic rings. The van der Waals surface area contributed by atoms with Crippen molar-refractivity contribution in [3.05, 3.63) is 0 Å². The summed E-state index contributed by atoms with van der Waals surface area (Å²) in [7, 11) is 0. The van der Waals surface area contributed by atoms with Crippen LogP contribution in [0.15, 0.2) is 0 Å². The Hall–Kier alpha value is -0.250. The molecule has 0 bridgehead atoms. The van der Waals surface area contributed by atoms with E-state index < -0.39 is 33.1 Å². The van der Waals surface area contributed by atoms with Gasteiger partial charge in [0.1, 0.15) is 0 Å². The SMILES string of the molecule is CC(Cl)(CC(C)(N(F)F)N(F)F)N(F)F. The summed E-state index contributed by atoms with van der Waals surface area (Å²) in [5, 5.41) is -5.37. The number of hydrogen-bond acceptors (Lipinski definition) is 3. The maximum absolute atomic E-state index is 12.1. The molecule has 15 heavy (non-hydrogen) atoms. The molecule has 0 aliphatic rings. The number of nitrogens with zero attached hydrogens (tertiary/aromatic N) is 3. The van der Waals surface area contributed by atoms with Crippen LogP contribution in [-0.4, -0.2) is 26.7 Å². The van der Waals surface area contributed by atoms with E-state index in [2.05, 4.69) is 0 Å². The Kier molecular flexibility index (Phi) is 4.65. The first-order chi connectivity index (χ1) is 6.54. The van der Waals surface area contributed by atoms with E-state index in [1.165, 1.54) is 0 Å². The summed E-state index contributed by atoms with van der Waals surface area (Å²) < 4.78 is 72.6. The van der Waals surface area contributed by atoms with Gasteiger partial charge in [-0.3, -0.25) is 0 Å². The van der Waals surface area contributed by atoms with Crippen molar-refractivity contribution in [1.82, 2.24) is 16.0 Å². The van der Waals surface area contributed by atoms with E-state index in [1.54, 1.807) is 0 Å². The van der Waals surface area contributed by atoms with Gasteiger partial charge in [-0.05, 0) is 13.8 Å². The third-order valence-electron chi connectivity index (χ3n) is 1.74. The molecule has 0 heterocycles. The quantitative estimate of drug-likeness (QED) is 0.247. The van der Waals surface area contributed by atoms with Crippen molar-refractivity contribution in [2.75, 3.05) is 0 Å². The number of rotatable bonds is 5. The Morgan fingerprint density at radius 1 is 0.867 bits per heavy atom. The molecule has 0 aliphatic heterocycles. The molecule has 0 radical (unpaired) electrons. The molecular formula is C5H8ClF6N3. The Morgan fingerprint density at radius 3 is 1.40 bits per heavy atom. The van der Waals surface area contributed by atoms with Crippen LogP contribution in [0.5, 0.6) is 0 Å². The van der Waals surface area contributed by atoms with Gasteiger partial charge in [-0.25, -0.2) is 0 Å². The van der Waals surface area contributed by atoms with Gasteiger partial charge in [0.15, 0.2) is 10.7 Å². The molecule has 3 nitrogen and oxygen atoms in total. The Morgan fingerprint density at radius 2 is 1.20 bits per heavy atom. The van der Waals surface area contributed by atoms with Crippen LogP contribution in [-0.2, 0) is 0 Å². The Bertz CT molecular complexity index is 203. The molecule has 0 saturated carbocycles. The molecule has 92 valence electrons. The first kappa shape index (κ1) is 14.8. The third-order valence-corrected chi connectivity index (χ3v) is 2.00. The highest BCUT2D eigenvalue weighted by molar-refractivity contribution is 6.23. The van der Waals surface area contributed by atoms with Crippen LogP contribution in [0.3, 0.4) is 0 Å². The van der Waals surface area contributed by atoms with Crippen LogP contribution in [0, 0.1) is 0 Å². The van der Waals surface area contributed by atoms with Gasteiger partial charge in [0, 0.05) is 22.5 Å².